The first-order valence-corrected chi connectivity index (χ1v) is 12.8. The Bertz CT molecular complexity index is 548. The topological polar surface area (TPSA) is 77.4 Å². The van der Waals surface area contributed by atoms with E-state index in [1.807, 2.05) is 27.2 Å². The molecule has 2 unspecified atom stereocenters. The van der Waals surface area contributed by atoms with Gasteiger partial charge in [-0.25, -0.2) is 0 Å². The van der Waals surface area contributed by atoms with E-state index in [-0.39, 0.29) is 6.54 Å². The second-order valence-corrected chi connectivity index (χ2v) is 10.1. The Morgan fingerprint density at radius 3 is 1.72 bits per heavy atom. The molecule has 0 saturated heterocycles. The molecule has 0 aromatic rings. The average Bonchev–Trinajstić information content (AvgIpc) is 2.68. The van der Waals surface area contributed by atoms with E-state index in [0.717, 1.165) is 12.8 Å². The molecule has 0 amide bonds. The lowest BCUT2D eigenvalue weighted by molar-refractivity contribution is -0.873. The first-order chi connectivity index (χ1) is 15.2. The Hall–Kier alpha value is -1.46. The van der Waals surface area contributed by atoms with E-state index in [0.29, 0.717) is 4.48 Å². The summed E-state index contributed by atoms with van der Waals surface area (Å²) in [5, 5.41) is 21.4. The van der Waals surface area contributed by atoms with Crippen LogP contribution in [0, 0.1) is 5.92 Å². The average molecular weight is 452 g/mol. The largest absolute Gasteiger partial charge is 0.549 e. The fraction of sp³-hybridized carbons (Fsp3) is 0.778. The SMILES string of the molecule is CCCCCCCCCCCCCCC/C=C\C=C/C(=O)C(C(=O)[O-])C(O)C[N+](C)(C)C. The molecule has 5 nitrogen and oxygen atoms in total. The standard InChI is InChI=1S/C27H49NO4/c1-5-6-7-8-9-10-11-12-13-14-15-16-17-18-19-20-21-22-24(29)26(27(31)32)25(30)23-28(2,3)4/h19-22,25-26,30H,5-18,23H2,1-4H3/b20-19-,22-21-. The van der Waals surface area contributed by atoms with Crippen LogP contribution in [0.1, 0.15) is 96.8 Å². The second kappa shape index (κ2) is 19.0. The number of aliphatic hydroxyl groups excluding tert-OH is 1. The molecule has 0 saturated carbocycles. The van der Waals surface area contributed by atoms with Crippen LogP contribution < -0.4 is 5.11 Å². The van der Waals surface area contributed by atoms with Gasteiger partial charge in [0.25, 0.3) is 0 Å². The summed E-state index contributed by atoms with van der Waals surface area (Å²) in [7, 11) is 5.49. The van der Waals surface area contributed by atoms with Gasteiger partial charge in [0.15, 0.2) is 5.78 Å². The van der Waals surface area contributed by atoms with Crippen molar-refractivity contribution in [1.29, 1.82) is 0 Å². The van der Waals surface area contributed by atoms with Crippen molar-refractivity contribution in [1.82, 2.24) is 0 Å². The van der Waals surface area contributed by atoms with Gasteiger partial charge < -0.3 is 19.5 Å². The fourth-order valence-corrected chi connectivity index (χ4v) is 3.84. The van der Waals surface area contributed by atoms with Crippen LogP contribution >= 0.6 is 0 Å². The summed E-state index contributed by atoms with van der Waals surface area (Å²) < 4.78 is 0.362. The van der Waals surface area contributed by atoms with E-state index in [9.17, 15) is 19.8 Å². The van der Waals surface area contributed by atoms with Gasteiger partial charge in [0, 0.05) is 0 Å². The molecule has 5 heteroatoms. The molecule has 0 aromatic heterocycles. The molecular weight excluding hydrogens is 402 g/mol. The van der Waals surface area contributed by atoms with Crippen LogP contribution in [0.4, 0.5) is 0 Å². The van der Waals surface area contributed by atoms with Crippen molar-refractivity contribution in [2.45, 2.75) is 103 Å². The molecule has 32 heavy (non-hydrogen) atoms. The molecule has 0 aliphatic heterocycles. The van der Waals surface area contributed by atoms with Crippen molar-refractivity contribution >= 4 is 11.8 Å². The van der Waals surface area contributed by atoms with E-state index < -0.39 is 23.8 Å². The highest BCUT2D eigenvalue weighted by Gasteiger charge is 2.30. The number of ketones is 1. The lowest BCUT2D eigenvalue weighted by Crippen LogP contribution is -2.50. The smallest absolute Gasteiger partial charge is 0.167 e. The molecule has 2 atom stereocenters. The minimum absolute atomic E-state index is 0.160. The zero-order valence-corrected chi connectivity index (χ0v) is 21.2. The number of rotatable bonds is 21. The number of allylic oxidation sites excluding steroid dienone is 4. The Morgan fingerprint density at radius 2 is 1.28 bits per heavy atom. The summed E-state index contributed by atoms with van der Waals surface area (Å²) >= 11 is 0. The van der Waals surface area contributed by atoms with Gasteiger partial charge in [-0.15, -0.1) is 0 Å². The van der Waals surface area contributed by atoms with Crippen molar-refractivity contribution in [3.05, 3.63) is 24.3 Å². The van der Waals surface area contributed by atoms with E-state index >= 15 is 0 Å². The number of unbranched alkanes of at least 4 members (excludes halogenated alkanes) is 13. The summed E-state index contributed by atoms with van der Waals surface area (Å²) in [6, 6.07) is 0. The van der Waals surface area contributed by atoms with Crippen LogP contribution in [0.25, 0.3) is 0 Å². The summed E-state index contributed by atoms with van der Waals surface area (Å²) in [5.41, 5.74) is 0. The maximum absolute atomic E-state index is 12.2. The number of hydrogen-bond acceptors (Lipinski definition) is 4. The number of carboxylic acid groups (broad SMARTS) is 1. The quantitative estimate of drug-likeness (QED) is 0.0911. The molecule has 0 aliphatic carbocycles. The molecule has 0 aromatic carbocycles. The third-order valence-corrected chi connectivity index (χ3v) is 5.66. The van der Waals surface area contributed by atoms with Gasteiger partial charge in [0.1, 0.15) is 12.6 Å². The Balaban J connectivity index is 3.84. The van der Waals surface area contributed by atoms with Gasteiger partial charge in [-0.3, -0.25) is 4.79 Å². The van der Waals surface area contributed by atoms with Gasteiger partial charge in [-0.05, 0) is 18.9 Å². The maximum atomic E-state index is 12.2. The summed E-state index contributed by atoms with van der Waals surface area (Å²) in [5.74, 6) is -3.69. The van der Waals surface area contributed by atoms with Crippen LogP contribution in [-0.2, 0) is 9.59 Å². The highest BCUT2D eigenvalue weighted by molar-refractivity contribution is 6.04. The number of nitrogens with zero attached hydrogens (tertiary/aromatic N) is 1. The number of aliphatic hydroxyl groups is 1. The van der Waals surface area contributed by atoms with Gasteiger partial charge >= 0.3 is 0 Å². The van der Waals surface area contributed by atoms with Crippen LogP contribution in [0.2, 0.25) is 0 Å². The van der Waals surface area contributed by atoms with Gasteiger partial charge in [-0.2, -0.15) is 0 Å². The number of aliphatic carboxylic acids is 1. The molecule has 186 valence electrons. The van der Waals surface area contributed by atoms with Crippen LogP contribution in [0.5, 0.6) is 0 Å². The van der Waals surface area contributed by atoms with E-state index in [1.165, 1.54) is 83.1 Å². The lowest BCUT2D eigenvalue weighted by atomic mass is 9.96. The van der Waals surface area contributed by atoms with E-state index in [4.69, 9.17) is 0 Å². The molecule has 0 radical (unpaired) electrons. The minimum atomic E-state index is -1.53. The molecule has 0 rings (SSSR count). The molecule has 0 fully saturated rings. The summed E-state index contributed by atoms with van der Waals surface area (Å²) in [6.07, 6.45) is 23.5. The zero-order valence-electron chi connectivity index (χ0n) is 21.2. The third kappa shape index (κ3) is 18.1. The van der Waals surface area contributed by atoms with Crippen molar-refractivity contribution in [2.24, 2.45) is 5.92 Å². The number of quaternary nitrogens is 1. The zero-order chi connectivity index (χ0) is 24.2. The lowest BCUT2D eigenvalue weighted by Gasteiger charge is -2.30. The first kappa shape index (κ1) is 30.5. The molecular formula is C27H49NO4. The predicted octanol–water partition coefficient (Wildman–Crippen LogP) is 4.58. The Labute approximate surface area is 197 Å². The van der Waals surface area contributed by atoms with Crippen LogP contribution in [-0.4, -0.2) is 55.1 Å². The second-order valence-electron chi connectivity index (χ2n) is 10.1. The minimum Gasteiger partial charge on any atom is -0.549 e. The summed E-state index contributed by atoms with van der Waals surface area (Å²) in [4.78, 5) is 23.5. The highest BCUT2D eigenvalue weighted by Crippen LogP contribution is 2.13. The van der Waals surface area contributed by atoms with Crippen molar-refractivity contribution < 1.29 is 24.3 Å². The molecule has 0 heterocycles. The van der Waals surface area contributed by atoms with E-state index in [1.54, 1.807) is 12.2 Å². The van der Waals surface area contributed by atoms with E-state index in [2.05, 4.69) is 6.92 Å². The number of carbonyl (C=O) groups is 2. The highest BCUT2D eigenvalue weighted by atomic mass is 16.4. The Morgan fingerprint density at radius 1 is 0.812 bits per heavy atom. The first-order valence-electron chi connectivity index (χ1n) is 12.8. The number of likely N-dealkylation sites (N-methyl/N-ethyl adjacent to an activating group) is 1. The third-order valence-electron chi connectivity index (χ3n) is 5.66. The van der Waals surface area contributed by atoms with Gasteiger partial charge in [0.05, 0.1) is 33.0 Å². The maximum Gasteiger partial charge on any atom is 0.167 e. The van der Waals surface area contributed by atoms with Crippen molar-refractivity contribution in [3.8, 4) is 0 Å². The molecule has 1 N–H and O–H groups in total. The monoisotopic (exact) mass is 451 g/mol. The molecule has 0 spiro atoms. The normalized spacial score (nSPS) is 14.3. The fourth-order valence-electron chi connectivity index (χ4n) is 3.84. The van der Waals surface area contributed by atoms with Gasteiger partial charge in [0.2, 0.25) is 0 Å². The van der Waals surface area contributed by atoms with Gasteiger partial charge in [-0.1, -0.05) is 102 Å². The number of hydrogen-bond donors (Lipinski definition) is 1. The number of carbonyl (C=O) groups excluding carboxylic acids is 2. The Kier molecular flexibility index (Phi) is 18.2. The summed E-state index contributed by atoms with van der Waals surface area (Å²) in [6.45, 7) is 2.42. The predicted molar refractivity (Wildman–Crippen MR) is 131 cm³/mol. The molecule has 0 bridgehead atoms. The van der Waals surface area contributed by atoms with Crippen LogP contribution in [0.3, 0.4) is 0 Å². The van der Waals surface area contributed by atoms with Crippen molar-refractivity contribution in [3.63, 3.8) is 0 Å². The number of carboxylic acids is 1. The van der Waals surface area contributed by atoms with Crippen molar-refractivity contribution in [2.75, 3.05) is 27.7 Å². The molecule has 0 aliphatic rings. The van der Waals surface area contributed by atoms with Crippen LogP contribution in [0.15, 0.2) is 24.3 Å².